The van der Waals surface area contributed by atoms with Crippen LogP contribution in [-0.4, -0.2) is 16.5 Å². The van der Waals surface area contributed by atoms with E-state index in [0.717, 1.165) is 18.9 Å². The lowest BCUT2D eigenvalue weighted by Crippen LogP contribution is -2.09. The van der Waals surface area contributed by atoms with Gasteiger partial charge in [-0.15, -0.1) is 0 Å². The molecule has 0 bridgehead atoms. The second-order valence-electron chi connectivity index (χ2n) is 4.64. The van der Waals surface area contributed by atoms with Gasteiger partial charge in [-0.1, -0.05) is 25.7 Å². The zero-order chi connectivity index (χ0) is 13.0. The maximum absolute atomic E-state index is 10.9. The summed E-state index contributed by atoms with van der Waals surface area (Å²) in [5, 5.41) is 14.1. The maximum atomic E-state index is 10.9. The van der Waals surface area contributed by atoms with E-state index >= 15 is 0 Å². The number of rotatable bonds is 5. The standard InChI is InChI=1S/C12H16BrN3O2/c13-10-7-14-8-11(16(17)18)12(10)15-6-5-9-3-1-2-4-9/h7-9H,1-6H2,(H,14,15). The maximum Gasteiger partial charge on any atom is 0.311 e. The second-order valence-corrected chi connectivity index (χ2v) is 5.49. The van der Waals surface area contributed by atoms with Crippen LogP contribution in [0.4, 0.5) is 11.4 Å². The van der Waals surface area contributed by atoms with E-state index in [2.05, 4.69) is 26.2 Å². The Morgan fingerprint density at radius 2 is 2.17 bits per heavy atom. The molecule has 0 aliphatic heterocycles. The van der Waals surface area contributed by atoms with Crippen LogP contribution < -0.4 is 5.32 Å². The van der Waals surface area contributed by atoms with Crippen molar-refractivity contribution >= 4 is 27.3 Å². The fourth-order valence-electron chi connectivity index (χ4n) is 2.44. The molecule has 6 heteroatoms. The Balaban J connectivity index is 1.97. The summed E-state index contributed by atoms with van der Waals surface area (Å²) in [6.07, 6.45) is 9.16. The molecule has 0 aromatic carbocycles. The van der Waals surface area contributed by atoms with E-state index < -0.39 is 4.92 Å². The first-order valence-electron chi connectivity index (χ1n) is 6.20. The molecule has 0 unspecified atom stereocenters. The van der Waals surface area contributed by atoms with Crippen molar-refractivity contribution in [1.82, 2.24) is 4.98 Å². The van der Waals surface area contributed by atoms with E-state index in [1.54, 1.807) is 6.20 Å². The number of nitro groups is 1. The first kappa shape index (κ1) is 13.3. The first-order valence-corrected chi connectivity index (χ1v) is 6.99. The summed E-state index contributed by atoms with van der Waals surface area (Å²) in [7, 11) is 0. The monoisotopic (exact) mass is 313 g/mol. The largest absolute Gasteiger partial charge is 0.378 e. The summed E-state index contributed by atoms with van der Waals surface area (Å²) in [4.78, 5) is 14.3. The van der Waals surface area contributed by atoms with Crippen LogP contribution in [0.15, 0.2) is 16.9 Å². The van der Waals surface area contributed by atoms with Crippen LogP contribution >= 0.6 is 15.9 Å². The summed E-state index contributed by atoms with van der Waals surface area (Å²) in [5.74, 6) is 0.775. The average Bonchev–Trinajstić information content (AvgIpc) is 2.84. The number of hydrogen-bond acceptors (Lipinski definition) is 4. The van der Waals surface area contributed by atoms with Crippen LogP contribution in [-0.2, 0) is 0 Å². The molecule has 0 saturated heterocycles. The van der Waals surface area contributed by atoms with Crippen LogP contribution in [0, 0.1) is 16.0 Å². The van der Waals surface area contributed by atoms with Gasteiger partial charge in [0.2, 0.25) is 0 Å². The minimum Gasteiger partial charge on any atom is -0.378 e. The Labute approximate surface area is 114 Å². The van der Waals surface area contributed by atoms with E-state index in [4.69, 9.17) is 0 Å². The van der Waals surface area contributed by atoms with Crippen LogP contribution in [0.5, 0.6) is 0 Å². The van der Waals surface area contributed by atoms with Crippen molar-refractivity contribution in [2.75, 3.05) is 11.9 Å². The Morgan fingerprint density at radius 1 is 1.44 bits per heavy atom. The van der Waals surface area contributed by atoms with E-state index in [-0.39, 0.29) is 5.69 Å². The predicted molar refractivity (Wildman–Crippen MR) is 73.7 cm³/mol. The van der Waals surface area contributed by atoms with Gasteiger partial charge in [0, 0.05) is 12.7 Å². The Hall–Kier alpha value is -1.17. The number of nitrogens with one attached hydrogen (secondary N) is 1. The van der Waals surface area contributed by atoms with Crippen molar-refractivity contribution in [2.24, 2.45) is 5.92 Å². The van der Waals surface area contributed by atoms with E-state index in [1.165, 1.54) is 31.9 Å². The number of anilines is 1. The normalized spacial score (nSPS) is 15.8. The zero-order valence-corrected chi connectivity index (χ0v) is 11.6. The summed E-state index contributed by atoms with van der Waals surface area (Å²) in [6.45, 7) is 0.772. The second kappa shape index (κ2) is 6.13. The van der Waals surface area contributed by atoms with E-state index in [1.807, 2.05) is 0 Å². The van der Waals surface area contributed by atoms with Crippen molar-refractivity contribution < 1.29 is 4.92 Å². The van der Waals surface area contributed by atoms with Gasteiger partial charge >= 0.3 is 5.69 Å². The van der Waals surface area contributed by atoms with Crippen molar-refractivity contribution in [2.45, 2.75) is 32.1 Å². The molecular weight excluding hydrogens is 298 g/mol. The van der Waals surface area contributed by atoms with Crippen molar-refractivity contribution in [1.29, 1.82) is 0 Å². The van der Waals surface area contributed by atoms with Gasteiger partial charge in [0.1, 0.15) is 11.9 Å². The van der Waals surface area contributed by atoms with Gasteiger partial charge in [-0.25, -0.2) is 0 Å². The fourth-order valence-corrected chi connectivity index (χ4v) is 2.90. The molecule has 18 heavy (non-hydrogen) atoms. The molecule has 1 saturated carbocycles. The van der Waals surface area contributed by atoms with Gasteiger partial charge in [-0.05, 0) is 28.3 Å². The molecule has 0 radical (unpaired) electrons. The van der Waals surface area contributed by atoms with E-state index in [0.29, 0.717) is 10.2 Å². The Bertz CT molecular complexity index is 433. The minimum atomic E-state index is -0.407. The van der Waals surface area contributed by atoms with Crippen LogP contribution in [0.1, 0.15) is 32.1 Å². The highest BCUT2D eigenvalue weighted by Gasteiger charge is 2.18. The molecule has 2 rings (SSSR count). The third-order valence-corrected chi connectivity index (χ3v) is 4.01. The lowest BCUT2D eigenvalue weighted by Gasteiger charge is -2.11. The summed E-state index contributed by atoms with van der Waals surface area (Å²) in [6, 6.07) is 0. The Kier molecular flexibility index (Phi) is 4.52. The number of pyridine rings is 1. The third kappa shape index (κ3) is 3.19. The predicted octanol–water partition coefficient (Wildman–Crippen LogP) is 3.74. The van der Waals surface area contributed by atoms with Crippen molar-refractivity contribution in [3.8, 4) is 0 Å². The summed E-state index contributed by atoms with van der Waals surface area (Å²) >= 11 is 3.30. The molecule has 5 nitrogen and oxygen atoms in total. The molecule has 1 aromatic rings. The first-order chi connectivity index (χ1) is 8.68. The molecule has 98 valence electrons. The molecule has 1 fully saturated rings. The molecule has 1 aliphatic carbocycles. The van der Waals surface area contributed by atoms with Gasteiger partial charge in [0.25, 0.3) is 0 Å². The number of aromatic nitrogens is 1. The lowest BCUT2D eigenvalue weighted by atomic mass is 10.0. The zero-order valence-electron chi connectivity index (χ0n) is 10.1. The van der Waals surface area contributed by atoms with Gasteiger partial charge in [-0.2, -0.15) is 0 Å². The summed E-state index contributed by atoms with van der Waals surface area (Å²) < 4.78 is 0.642. The molecular formula is C12H16BrN3O2. The SMILES string of the molecule is O=[N+]([O-])c1cncc(Br)c1NCCC1CCCC1. The summed E-state index contributed by atoms with van der Waals surface area (Å²) in [5.41, 5.74) is 0.559. The number of nitrogens with zero attached hydrogens (tertiary/aromatic N) is 2. The van der Waals surface area contributed by atoms with Crippen LogP contribution in [0.3, 0.4) is 0 Å². The minimum absolute atomic E-state index is 0.0239. The van der Waals surface area contributed by atoms with Crippen LogP contribution in [0.2, 0.25) is 0 Å². The van der Waals surface area contributed by atoms with Crippen molar-refractivity contribution in [3.05, 3.63) is 27.0 Å². The highest BCUT2D eigenvalue weighted by Crippen LogP contribution is 2.32. The lowest BCUT2D eigenvalue weighted by molar-refractivity contribution is -0.384. The van der Waals surface area contributed by atoms with Gasteiger partial charge in [0.05, 0.1) is 9.40 Å². The quantitative estimate of drug-likeness (QED) is 0.664. The topological polar surface area (TPSA) is 68.1 Å². The number of halogens is 1. The molecule has 1 aromatic heterocycles. The van der Waals surface area contributed by atoms with Crippen LogP contribution in [0.25, 0.3) is 0 Å². The highest BCUT2D eigenvalue weighted by molar-refractivity contribution is 9.10. The van der Waals surface area contributed by atoms with Crippen molar-refractivity contribution in [3.63, 3.8) is 0 Å². The molecule has 0 atom stereocenters. The molecule has 1 heterocycles. The third-order valence-electron chi connectivity index (χ3n) is 3.41. The van der Waals surface area contributed by atoms with Gasteiger partial charge in [0.15, 0.2) is 0 Å². The van der Waals surface area contributed by atoms with Gasteiger partial charge < -0.3 is 5.32 Å². The average molecular weight is 314 g/mol. The molecule has 1 N–H and O–H groups in total. The smallest absolute Gasteiger partial charge is 0.311 e. The number of hydrogen-bond donors (Lipinski definition) is 1. The molecule has 0 amide bonds. The van der Waals surface area contributed by atoms with Gasteiger partial charge in [-0.3, -0.25) is 15.1 Å². The molecule has 1 aliphatic rings. The Morgan fingerprint density at radius 3 is 2.83 bits per heavy atom. The highest BCUT2D eigenvalue weighted by atomic mass is 79.9. The molecule has 0 spiro atoms. The fraction of sp³-hybridized carbons (Fsp3) is 0.583. The van der Waals surface area contributed by atoms with E-state index in [9.17, 15) is 10.1 Å².